The second kappa shape index (κ2) is 18.2. The molecule has 4 N–H and O–H groups in total. The molecule has 9 nitrogen and oxygen atoms in total. The fraction of sp³-hybridized carbons (Fsp3) is 0.0667. The van der Waals surface area contributed by atoms with Gasteiger partial charge in [0.15, 0.2) is 0 Å². The smallest absolute Gasteiger partial charge is 0.335 e. The third kappa shape index (κ3) is 10.6. The lowest BCUT2D eigenvalue weighted by atomic mass is 10.1. The average molecular weight is 748 g/mol. The minimum Gasteiger partial charge on any atom is -0.489 e. The van der Waals surface area contributed by atoms with E-state index in [2.05, 4.69) is 16.0 Å². The van der Waals surface area contributed by atoms with Gasteiger partial charge < -0.3 is 25.8 Å². The molecule has 1 atom stereocenters. The Morgan fingerprint density at radius 1 is 0.709 bits per heavy atom. The number of rotatable bonds is 14. The van der Waals surface area contributed by atoms with Crippen LogP contribution in [0.5, 0.6) is 5.75 Å². The average Bonchev–Trinajstić information content (AvgIpc) is 3.21. The van der Waals surface area contributed by atoms with Crippen LogP contribution in [0.2, 0.25) is 0 Å². The summed E-state index contributed by atoms with van der Waals surface area (Å²) in [6.45, 7) is 2.20. The molecule has 0 aliphatic rings. The zero-order valence-corrected chi connectivity index (χ0v) is 30.6. The van der Waals surface area contributed by atoms with Crippen LogP contribution in [0.3, 0.4) is 0 Å². The van der Waals surface area contributed by atoms with Crippen molar-refractivity contribution in [2.75, 3.05) is 10.6 Å². The molecular weight excluding hydrogens is 711 g/mol. The first-order chi connectivity index (χ1) is 26.7. The van der Waals surface area contributed by atoms with Crippen LogP contribution in [0.25, 0.3) is 6.08 Å². The van der Waals surface area contributed by atoms with Crippen molar-refractivity contribution in [1.29, 1.82) is 0 Å². The number of amides is 3. The van der Waals surface area contributed by atoms with Gasteiger partial charge in [-0.05, 0) is 89.9 Å². The van der Waals surface area contributed by atoms with Gasteiger partial charge in [0.25, 0.3) is 11.8 Å². The van der Waals surface area contributed by atoms with Crippen molar-refractivity contribution in [1.82, 2.24) is 5.32 Å². The Morgan fingerprint density at radius 2 is 1.38 bits per heavy atom. The van der Waals surface area contributed by atoms with E-state index in [4.69, 9.17) is 4.74 Å². The summed E-state index contributed by atoms with van der Waals surface area (Å²) in [7, 11) is 0. The summed E-state index contributed by atoms with van der Waals surface area (Å²) in [5.74, 6) is -1.79. The molecule has 0 radical (unpaired) electrons. The molecule has 0 saturated heterocycles. The summed E-state index contributed by atoms with van der Waals surface area (Å²) < 4.78 is 5.91. The zero-order chi connectivity index (χ0) is 38.6. The van der Waals surface area contributed by atoms with Gasteiger partial charge >= 0.3 is 5.97 Å². The Bertz CT molecular complexity index is 2320. The van der Waals surface area contributed by atoms with Crippen molar-refractivity contribution in [2.45, 2.75) is 23.7 Å². The third-order valence-electron chi connectivity index (χ3n) is 8.40. The molecule has 0 saturated carbocycles. The number of ether oxygens (including phenoxy) is 1. The molecule has 0 aromatic heterocycles. The van der Waals surface area contributed by atoms with Crippen LogP contribution in [-0.4, -0.2) is 28.8 Å². The molecule has 6 aromatic rings. The number of aryl methyl sites for hydroxylation is 1. The fourth-order valence-electron chi connectivity index (χ4n) is 5.48. The molecule has 274 valence electrons. The molecule has 0 heterocycles. The van der Waals surface area contributed by atoms with Crippen LogP contribution >= 0.6 is 11.8 Å². The van der Waals surface area contributed by atoms with E-state index in [1.165, 1.54) is 23.9 Å². The second-order valence-electron chi connectivity index (χ2n) is 12.4. The number of hydrogen-bond donors (Lipinski definition) is 4. The van der Waals surface area contributed by atoms with Crippen LogP contribution in [0, 0.1) is 6.92 Å². The normalized spacial score (nSPS) is 11.5. The summed E-state index contributed by atoms with van der Waals surface area (Å²) in [4.78, 5) is 53.2. The standard InChI is InChI=1S/C45H37N3O6S/c1-30-20-23-35(45(52)53)27-39(30)47-44(51)41(33-14-7-3-8-15-33)55-38-19-11-18-36(28-38)46-43(50)40(48-42(49)34-16-9-4-10-17-34)26-31-21-24-37(25-22-31)54-29-32-12-5-2-6-13-32/h2-28,41H,29H2,1H3,(H,46,50)(H,47,51)(H,48,49)(H,52,53)/b40-26+. The Morgan fingerprint density at radius 3 is 2.07 bits per heavy atom. The van der Waals surface area contributed by atoms with Crippen LogP contribution in [-0.2, 0) is 16.2 Å². The zero-order valence-electron chi connectivity index (χ0n) is 29.8. The minimum atomic E-state index is -1.09. The summed E-state index contributed by atoms with van der Waals surface area (Å²) in [5.41, 5.74) is 4.46. The van der Waals surface area contributed by atoms with Crippen LogP contribution < -0.4 is 20.7 Å². The van der Waals surface area contributed by atoms with E-state index in [1.54, 1.807) is 91.9 Å². The molecule has 0 spiro atoms. The van der Waals surface area contributed by atoms with E-state index in [9.17, 15) is 24.3 Å². The van der Waals surface area contributed by atoms with Gasteiger partial charge in [-0.1, -0.05) is 103 Å². The number of anilines is 2. The van der Waals surface area contributed by atoms with E-state index in [-0.39, 0.29) is 17.2 Å². The number of carbonyl (C=O) groups excluding carboxylic acids is 3. The number of carboxylic acid groups (broad SMARTS) is 1. The number of benzene rings is 6. The van der Waals surface area contributed by atoms with E-state index in [0.29, 0.717) is 39.8 Å². The molecule has 1 unspecified atom stereocenters. The van der Waals surface area contributed by atoms with Crippen molar-refractivity contribution in [3.05, 3.63) is 197 Å². The van der Waals surface area contributed by atoms with Crippen molar-refractivity contribution >= 4 is 52.9 Å². The van der Waals surface area contributed by atoms with Gasteiger partial charge in [-0.2, -0.15) is 0 Å². The Hall–Kier alpha value is -6.91. The van der Waals surface area contributed by atoms with Gasteiger partial charge in [0.2, 0.25) is 5.91 Å². The topological polar surface area (TPSA) is 134 Å². The highest BCUT2D eigenvalue weighted by atomic mass is 32.2. The maximum Gasteiger partial charge on any atom is 0.335 e. The maximum atomic E-state index is 13.9. The molecule has 10 heteroatoms. The Labute approximate surface area is 323 Å². The van der Waals surface area contributed by atoms with Gasteiger partial charge in [0.05, 0.1) is 5.56 Å². The Balaban J connectivity index is 1.21. The number of aromatic carboxylic acids is 1. The first-order valence-electron chi connectivity index (χ1n) is 17.3. The van der Waals surface area contributed by atoms with Gasteiger partial charge in [0.1, 0.15) is 23.3 Å². The highest BCUT2D eigenvalue weighted by Gasteiger charge is 2.24. The Kier molecular flexibility index (Phi) is 12.5. The minimum absolute atomic E-state index is 0.0189. The summed E-state index contributed by atoms with van der Waals surface area (Å²) in [6.07, 6.45) is 1.59. The molecule has 0 fully saturated rings. The predicted molar refractivity (Wildman–Crippen MR) is 216 cm³/mol. The fourth-order valence-corrected chi connectivity index (χ4v) is 6.56. The molecule has 0 aliphatic heterocycles. The molecule has 55 heavy (non-hydrogen) atoms. The monoisotopic (exact) mass is 747 g/mol. The van der Waals surface area contributed by atoms with E-state index in [0.717, 1.165) is 16.7 Å². The third-order valence-corrected chi connectivity index (χ3v) is 9.64. The molecule has 6 aromatic carbocycles. The van der Waals surface area contributed by atoms with Crippen LogP contribution in [0.15, 0.2) is 168 Å². The number of carboxylic acids is 1. The lowest BCUT2D eigenvalue weighted by Crippen LogP contribution is -2.30. The first kappa shape index (κ1) is 37.8. The van der Waals surface area contributed by atoms with Crippen LogP contribution in [0.1, 0.15) is 48.2 Å². The van der Waals surface area contributed by atoms with Gasteiger partial charge in [-0.15, -0.1) is 11.8 Å². The highest BCUT2D eigenvalue weighted by molar-refractivity contribution is 8.00. The SMILES string of the molecule is Cc1ccc(C(=O)O)cc1NC(=O)C(Sc1cccc(NC(=O)/C(=C\c2ccc(OCc3ccccc3)cc2)NC(=O)c2ccccc2)c1)c1ccccc1. The number of hydrogen-bond acceptors (Lipinski definition) is 6. The van der Waals surface area contributed by atoms with Gasteiger partial charge in [-0.3, -0.25) is 14.4 Å². The highest BCUT2D eigenvalue weighted by Crippen LogP contribution is 2.37. The quantitative estimate of drug-likeness (QED) is 0.0645. The summed E-state index contributed by atoms with van der Waals surface area (Å²) in [5, 5.41) is 17.4. The molecular formula is C45H37N3O6S. The van der Waals surface area contributed by atoms with Crippen LogP contribution in [0.4, 0.5) is 11.4 Å². The molecule has 0 aliphatic carbocycles. The maximum absolute atomic E-state index is 13.9. The van der Waals surface area contributed by atoms with E-state index < -0.39 is 23.0 Å². The molecule has 0 bridgehead atoms. The van der Waals surface area contributed by atoms with Crippen molar-refractivity contribution in [3.8, 4) is 5.75 Å². The van der Waals surface area contributed by atoms with Gasteiger partial charge in [0, 0.05) is 21.8 Å². The van der Waals surface area contributed by atoms with Crippen molar-refractivity contribution in [3.63, 3.8) is 0 Å². The molecule has 6 rings (SSSR count). The van der Waals surface area contributed by atoms with Crippen molar-refractivity contribution in [2.24, 2.45) is 0 Å². The van der Waals surface area contributed by atoms with Crippen molar-refractivity contribution < 1.29 is 29.0 Å². The second-order valence-corrected chi connectivity index (χ2v) is 13.6. The lowest BCUT2D eigenvalue weighted by Gasteiger charge is -2.19. The molecule has 3 amide bonds. The number of thioether (sulfide) groups is 1. The van der Waals surface area contributed by atoms with E-state index in [1.807, 2.05) is 66.7 Å². The summed E-state index contributed by atoms with van der Waals surface area (Å²) >= 11 is 1.27. The number of nitrogens with one attached hydrogen (secondary N) is 3. The predicted octanol–water partition coefficient (Wildman–Crippen LogP) is 9.15. The number of carbonyl (C=O) groups is 4. The van der Waals surface area contributed by atoms with Gasteiger partial charge in [-0.25, -0.2) is 4.79 Å². The largest absolute Gasteiger partial charge is 0.489 e. The first-order valence-corrected chi connectivity index (χ1v) is 18.2. The van der Waals surface area contributed by atoms with E-state index >= 15 is 0 Å². The summed E-state index contributed by atoms with van der Waals surface area (Å²) in [6, 6.07) is 46.5. The lowest BCUT2D eigenvalue weighted by molar-refractivity contribution is -0.116.